The third-order valence-corrected chi connectivity index (χ3v) is 6.59. The average molecular weight is 619 g/mol. The Morgan fingerprint density at radius 3 is 2.22 bits per heavy atom. The average Bonchev–Trinajstić information content (AvgIpc) is 3.02. The molecule has 1 aromatic heterocycles. The molecule has 0 aliphatic carbocycles. The first kappa shape index (κ1) is 32.2. The van der Waals surface area contributed by atoms with Gasteiger partial charge in [0.25, 0.3) is 5.56 Å². The first-order valence-corrected chi connectivity index (χ1v) is 13.6. The van der Waals surface area contributed by atoms with Crippen molar-refractivity contribution < 1.29 is 37.8 Å². The molecule has 0 fully saturated rings. The lowest BCUT2D eigenvalue weighted by atomic mass is 9.98. The molecule has 4 rings (SSSR count). The van der Waals surface area contributed by atoms with Gasteiger partial charge in [-0.3, -0.25) is 24.3 Å². The van der Waals surface area contributed by atoms with Gasteiger partial charge in [-0.15, -0.1) is 0 Å². The SMILES string of the molecule is Cc1cccc(-c2ncc(NC(=O)OCc3ccccc3)c(=O)n2CC(=O)NC(Cc2ccccc2)C(=O)C(F)(F)C(=O)O)c1. The van der Waals surface area contributed by atoms with Gasteiger partial charge in [0.2, 0.25) is 11.7 Å². The van der Waals surface area contributed by atoms with Crippen molar-refractivity contribution in [2.24, 2.45) is 0 Å². The standard InChI is InChI=1S/C32H28F2N4O7/c1-20-9-8-14-23(15-20)28-35-17-25(37-31(44)45-19-22-12-6-3-7-13-22)29(41)38(28)18-26(39)36-24(16-21-10-4-2-5-11-21)27(40)32(33,34)30(42)43/h2-15,17,24H,16,18-19H2,1H3,(H,36,39)(H,37,44)(H,42,43). The molecular formula is C32H28F2N4O7. The Morgan fingerprint density at radius 2 is 1.60 bits per heavy atom. The fourth-order valence-corrected chi connectivity index (χ4v) is 4.38. The monoisotopic (exact) mass is 618 g/mol. The highest BCUT2D eigenvalue weighted by Gasteiger charge is 2.50. The Morgan fingerprint density at radius 1 is 0.956 bits per heavy atom. The van der Waals surface area contributed by atoms with Crippen molar-refractivity contribution in [3.63, 3.8) is 0 Å². The number of alkyl halides is 2. The van der Waals surface area contributed by atoms with Gasteiger partial charge in [0.1, 0.15) is 24.7 Å². The number of nitrogens with zero attached hydrogens (tertiary/aromatic N) is 2. The number of Topliss-reactive ketones (excluding diaryl/α,β-unsaturated/α-hetero) is 1. The highest BCUT2D eigenvalue weighted by molar-refractivity contribution is 6.08. The van der Waals surface area contributed by atoms with Crippen LogP contribution >= 0.6 is 0 Å². The number of hydrogen-bond acceptors (Lipinski definition) is 7. The van der Waals surface area contributed by atoms with Crippen LogP contribution in [0.5, 0.6) is 0 Å². The zero-order valence-electron chi connectivity index (χ0n) is 23.9. The van der Waals surface area contributed by atoms with E-state index in [-0.39, 0.29) is 18.1 Å². The molecule has 1 atom stereocenters. The van der Waals surface area contributed by atoms with Crippen molar-refractivity contribution >= 4 is 29.4 Å². The minimum atomic E-state index is -4.79. The summed E-state index contributed by atoms with van der Waals surface area (Å²) in [6, 6.07) is 21.5. The van der Waals surface area contributed by atoms with E-state index in [4.69, 9.17) is 9.84 Å². The highest BCUT2D eigenvalue weighted by Crippen LogP contribution is 2.21. The minimum absolute atomic E-state index is 0.00357. The molecule has 1 heterocycles. The maximum atomic E-state index is 14.3. The summed E-state index contributed by atoms with van der Waals surface area (Å²) >= 11 is 0. The maximum absolute atomic E-state index is 14.3. The van der Waals surface area contributed by atoms with Crippen molar-refractivity contribution in [3.8, 4) is 11.4 Å². The fourth-order valence-electron chi connectivity index (χ4n) is 4.38. The molecule has 0 saturated carbocycles. The van der Waals surface area contributed by atoms with Gasteiger partial charge in [-0.25, -0.2) is 14.6 Å². The molecule has 13 heteroatoms. The van der Waals surface area contributed by atoms with E-state index < -0.39 is 54.2 Å². The number of carbonyl (C=O) groups excluding carboxylic acids is 3. The lowest BCUT2D eigenvalue weighted by Gasteiger charge is -2.22. The van der Waals surface area contributed by atoms with E-state index in [1.807, 2.05) is 0 Å². The number of halogens is 2. The van der Waals surface area contributed by atoms with Crippen molar-refractivity contribution in [1.82, 2.24) is 14.9 Å². The van der Waals surface area contributed by atoms with Gasteiger partial charge in [0.05, 0.1) is 12.2 Å². The fraction of sp³-hybridized carbons (Fsp3) is 0.188. The molecule has 4 aromatic rings. The van der Waals surface area contributed by atoms with Crippen LogP contribution in [0.1, 0.15) is 16.7 Å². The first-order valence-electron chi connectivity index (χ1n) is 13.6. The smallest absolute Gasteiger partial charge is 0.412 e. The topological polar surface area (TPSA) is 157 Å². The number of aromatic nitrogens is 2. The predicted molar refractivity (Wildman–Crippen MR) is 159 cm³/mol. The summed E-state index contributed by atoms with van der Waals surface area (Å²) in [4.78, 5) is 67.3. The molecular weight excluding hydrogens is 590 g/mol. The lowest BCUT2D eigenvalue weighted by molar-refractivity contribution is -0.172. The van der Waals surface area contributed by atoms with Crippen LogP contribution in [-0.4, -0.2) is 50.4 Å². The Kier molecular flexibility index (Phi) is 10.1. The second-order valence-corrected chi connectivity index (χ2v) is 10.00. The summed E-state index contributed by atoms with van der Waals surface area (Å²) in [6.07, 6.45) is -0.324. The number of carboxylic acids is 1. The van der Waals surface area contributed by atoms with Crippen molar-refractivity contribution in [2.75, 3.05) is 5.32 Å². The summed E-state index contributed by atoms with van der Waals surface area (Å²) in [5.74, 6) is -10.6. The first-order chi connectivity index (χ1) is 21.5. The Hall–Kier alpha value is -5.72. The van der Waals surface area contributed by atoms with Crippen LogP contribution in [0.25, 0.3) is 11.4 Å². The molecule has 0 aliphatic rings. The molecule has 2 amide bonds. The third kappa shape index (κ3) is 8.22. The summed E-state index contributed by atoms with van der Waals surface area (Å²) in [5, 5.41) is 13.4. The van der Waals surface area contributed by atoms with Crippen LogP contribution < -0.4 is 16.2 Å². The molecule has 0 bridgehead atoms. The van der Waals surface area contributed by atoms with Gasteiger partial charge in [0, 0.05) is 12.0 Å². The van der Waals surface area contributed by atoms with E-state index >= 15 is 0 Å². The second kappa shape index (κ2) is 14.2. The molecule has 0 aliphatic heterocycles. The molecule has 0 spiro atoms. The number of ether oxygens (including phenoxy) is 1. The maximum Gasteiger partial charge on any atom is 0.412 e. The number of anilines is 1. The van der Waals surface area contributed by atoms with E-state index in [2.05, 4.69) is 15.6 Å². The molecule has 3 aromatic carbocycles. The van der Waals surface area contributed by atoms with E-state index in [9.17, 15) is 32.8 Å². The van der Waals surface area contributed by atoms with Crippen LogP contribution in [0.3, 0.4) is 0 Å². The molecule has 0 radical (unpaired) electrons. The van der Waals surface area contributed by atoms with Crippen LogP contribution in [0, 0.1) is 6.92 Å². The molecule has 1 unspecified atom stereocenters. The van der Waals surface area contributed by atoms with E-state index in [1.54, 1.807) is 79.7 Å². The normalized spacial score (nSPS) is 11.7. The zero-order chi connectivity index (χ0) is 32.6. The summed E-state index contributed by atoms with van der Waals surface area (Å²) in [7, 11) is 0. The van der Waals surface area contributed by atoms with Crippen LogP contribution in [0.15, 0.2) is 95.9 Å². The van der Waals surface area contributed by atoms with E-state index in [0.29, 0.717) is 16.7 Å². The van der Waals surface area contributed by atoms with Gasteiger partial charge in [-0.05, 0) is 24.1 Å². The quantitative estimate of drug-likeness (QED) is 0.201. The number of carboxylic acid groups (broad SMARTS) is 1. The predicted octanol–water partition coefficient (Wildman–Crippen LogP) is 3.98. The van der Waals surface area contributed by atoms with Crippen LogP contribution in [-0.2, 0) is 38.7 Å². The molecule has 3 N–H and O–H groups in total. The van der Waals surface area contributed by atoms with Gasteiger partial charge in [-0.1, -0.05) is 84.4 Å². The number of aryl methyl sites for hydroxylation is 1. The number of rotatable bonds is 12. The summed E-state index contributed by atoms with van der Waals surface area (Å²) in [6.45, 7) is 0.885. The van der Waals surface area contributed by atoms with Crippen LogP contribution in [0.2, 0.25) is 0 Å². The zero-order valence-corrected chi connectivity index (χ0v) is 23.9. The second-order valence-electron chi connectivity index (χ2n) is 10.00. The Bertz CT molecular complexity index is 1760. The number of benzene rings is 3. The largest absolute Gasteiger partial charge is 0.476 e. The molecule has 11 nitrogen and oxygen atoms in total. The summed E-state index contributed by atoms with van der Waals surface area (Å²) < 4.78 is 34.6. The minimum Gasteiger partial charge on any atom is -0.476 e. The van der Waals surface area contributed by atoms with Crippen LogP contribution in [0.4, 0.5) is 19.3 Å². The van der Waals surface area contributed by atoms with Crippen molar-refractivity contribution in [2.45, 2.75) is 38.5 Å². The number of amides is 2. The number of carbonyl (C=O) groups is 4. The number of hydrogen-bond donors (Lipinski definition) is 3. The van der Waals surface area contributed by atoms with Crippen molar-refractivity contribution in [1.29, 1.82) is 0 Å². The number of nitrogens with one attached hydrogen (secondary N) is 2. The summed E-state index contributed by atoms with van der Waals surface area (Å²) in [5.41, 5.74) is 1.07. The van der Waals surface area contributed by atoms with Gasteiger partial charge in [0.15, 0.2) is 0 Å². The van der Waals surface area contributed by atoms with Gasteiger partial charge >= 0.3 is 18.0 Å². The van der Waals surface area contributed by atoms with Crippen molar-refractivity contribution in [3.05, 3.63) is 118 Å². The number of aliphatic carboxylic acids is 1. The van der Waals surface area contributed by atoms with Gasteiger partial charge in [-0.2, -0.15) is 8.78 Å². The molecule has 0 saturated heterocycles. The van der Waals surface area contributed by atoms with E-state index in [1.165, 1.54) is 12.1 Å². The number of ketones is 1. The van der Waals surface area contributed by atoms with Gasteiger partial charge < -0.3 is 15.2 Å². The highest BCUT2D eigenvalue weighted by atomic mass is 19.3. The lowest BCUT2D eigenvalue weighted by Crippen LogP contribution is -2.53. The molecule has 232 valence electrons. The Balaban J connectivity index is 1.63. The third-order valence-electron chi connectivity index (χ3n) is 6.59. The Labute approximate surface area is 255 Å². The molecule has 45 heavy (non-hydrogen) atoms. The van der Waals surface area contributed by atoms with E-state index in [0.717, 1.165) is 16.3 Å².